The Bertz CT molecular complexity index is 1130. The number of rotatable bonds is 2. The fourth-order valence-electron chi connectivity index (χ4n) is 4.23. The van der Waals surface area contributed by atoms with E-state index < -0.39 is 21.8 Å². The van der Waals surface area contributed by atoms with E-state index in [-0.39, 0.29) is 10.8 Å². The molecule has 0 unspecified atom stereocenters. The number of urea groups is 1. The molecule has 2 aromatic rings. The number of nitrogens with two attached hydrogens (primary N) is 1. The molecule has 2 aliphatic carbocycles. The van der Waals surface area contributed by atoms with Crippen molar-refractivity contribution in [1.29, 1.82) is 0 Å². The molecule has 1 aliphatic heterocycles. The Morgan fingerprint density at radius 2 is 1.96 bits per heavy atom. The van der Waals surface area contributed by atoms with Crippen LogP contribution in [0.5, 0.6) is 0 Å². The summed E-state index contributed by atoms with van der Waals surface area (Å²) in [6.07, 6.45) is 5.42. The van der Waals surface area contributed by atoms with Gasteiger partial charge < -0.3 is 10.1 Å². The molecule has 3 aliphatic rings. The Labute approximate surface area is 166 Å². The van der Waals surface area contributed by atoms with Crippen LogP contribution in [0.15, 0.2) is 14.6 Å². The third kappa shape index (κ3) is 2.88. The van der Waals surface area contributed by atoms with E-state index in [2.05, 4.69) is 15.7 Å². The van der Waals surface area contributed by atoms with Gasteiger partial charge in [0.25, 0.3) is 0 Å². The molecule has 28 heavy (non-hydrogen) atoms. The van der Waals surface area contributed by atoms with Crippen LogP contribution in [-0.4, -0.2) is 16.8 Å². The number of aryl methyl sites for hydroxylation is 2. The molecule has 0 fully saturated rings. The molecule has 0 saturated carbocycles. The summed E-state index contributed by atoms with van der Waals surface area (Å²) in [5.41, 5.74) is 5.95. The number of carbonyl (C=O) groups is 1. The first-order chi connectivity index (χ1) is 13.4. The van der Waals surface area contributed by atoms with Crippen molar-refractivity contribution in [2.45, 2.75) is 49.3 Å². The molecule has 5 rings (SSSR count). The standard InChI is InChI=1S/C19H20FN3O3S2/c20-16-14-9-26-7-6-15(14)27-18(16)28(21,25)23-19(24)22-17-12-3-1-2-10(12)8-11-4-5-13(11)17/h8H,1-7,9H2,(H3,21,22,23,24,25)/t28-/m0/s1. The number of hydrogen-bond donors (Lipinski definition) is 2. The zero-order chi connectivity index (χ0) is 19.5. The van der Waals surface area contributed by atoms with Crippen LogP contribution in [0.25, 0.3) is 0 Å². The zero-order valence-corrected chi connectivity index (χ0v) is 16.8. The van der Waals surface area contributed by atoms with Gasteiger partial charge in [-0.2, -0.15) is 0 Å². The minimum Gasteiger partial charge on any atom is -0.376 e. The van der Waals surface area contributed by atoms with Crippen LogP contribution >= 0.6 is 11.3 Å². The first kappa shape index (κ1) is 18.2. The second kappa shape index (κ2) is 6.62. The number of nitrogens with one attached hydrogen (secondary N) is 1. The molecular weight excluding hydrogens is 401 g/mol. The highest BCUT2D eigenvalue weighted by Crippen LogP contribution is 2.40. The van der Waals surface area contributed by atoms with Gasteiger partial charge in [-0.1, -0.05) is 6.07 Å². The van der Waals surface area contributed by atoms with Gasteiger partial charge in [0.2, 0.25) is 0 Å². The Morgan fingerprint density at radius 3 is 2.71 bits per heavy atom. The summed E-state index contributed by atoms with van der Waals surface area (Å²) >= 11 is 1.02. The van der Waals surface area contributed by atoms with E-state index in [1.807, 2.05) is 0 Å². The molecule has 1 aromatic carbocycles. The maximum absolute atomic E-state index is 14.7. The van der Waals surface area contributed by atoms with Crippen molar-refractivity contribution in [3.8, 4) is 0 Å². The minimum atomic E-state index is -3.67. The lowest BCUT2D eigenvalue weighted by atomic mass is 9.83. The van der Waals surface area contributed by atoms with Crippen LogP contribution in [0.4, 0.5) is 14.9 Å². The van der Waals surface area contributed by atoms with Crippen molar-refractivity contribution < 1.29 is 18.1 Å². The van der Waals surface area contributed by atoms with Crippen LogP contribution in [-0.2, 0) is 53.4 Å². The highest BCUT2D eigenvalue weighted by atomic mass is 32.2. The lowest BCUT2D eigenvalue weighted by Gasteiger charge is -2.25. The SMILES string of the molecule is N[S@](=O)(=NC(=O)Nc1c2c(cc3c1CC3)CCC2)c1sc2c(c1F)COCC2. The van der Waals surface area contributed by atoms with Gasteiger partial charge in [-0.25, -0.2) is 18.5 Å². The number of nitrogens with zero attached hydrogens (tertiary/aromatic N) is 1. The van der Waals surface area contributed by atoms with Gasteiger partial charge in [-0.05, 0) is 54.4 Å². The summed E-state index contributed by atoms with van der Waals surface area (Å²) < 4.78 is 36.3. The van der Waals surface area contributed by atoms with Crippen molar-refractivity contribution in [2.24, 2.45) is 9.50 Å². The molecule has 1 aromatic heterocycles. The third-order valence-electron chi connectivity index (χ3n) is 5.68. The van der Waals surface area contributed by atoms with Gasteiger partial charge in [0.05, 0.1) is 13.2 Å². The van der Waals surface area contributed by atoms with E-state index in [0.717, 1.165) is 65.1 Å². The van der Waals surface area contributed by atoms with Crippen LogP contribution in [0, 0.1) is 5.82 Å². The van der Waals surface area contributed by atoms with Crippen molar-refractivity contribution in [3.05, 3.63) is 44.6 Å². The topological polar surface area (TPSA) is 93.8 Å². The Morgan fingerprint density at radius 1 is 1.18 bits per heavy atom. The number of thiophene rings is 1. The summed E-state index contributed by atoms with van der Waals surface area (Å²) in [6, 6.07) is 1.44. The van der Waals surface area contributed by atoms with Crippen molar-refractivity contribution in [2.75, 3.05) is 11.9 Å². The lowest BCUT2D eigenvalue weighted by molar-refractivity contribution is 0.109. The molecule has 0 bridgehead atoms. The maximum Gasteiger partial charge on any atom is 0.354 e. The van der Waals surface area contributed by atoms with E-state index in [1.165, 1.54) is 11.1 Å². The third-order valence-corrected chi connectivity index (χ3v) is 8.85. The number of hydrogen-bond acceptors (Lipinski definition) is 4. The maximum atomic E-state index is 14.7. The molecule has 0 saturated heterocycles. The molecule has 6 nitrogen and oxygen atoms in total. The van der Waals surface area contributed by atoms with Crippen LogP contribution in [0.2, 0.25) is 0 Å². The molecule has 0 spiro atoms. The molecule has 9 heteroatoms. The largest absolute Gasteiger partial charge is 0.376 e. The van der Waals surface area contributed by atoms with E-state index in [1.54, 1.807) is 0 Å². The Balaban J connectivity index is 1.48. The molecule has 148 valence electrons. The minimum absolute atomic E-state index is 0.127. The highest BCUT2D eigenvalue weighted by Gasteiger charge is 2.29. The summed E-state index contributed by atoms with van der Waals surface area (Å²) in [6.45, 7) is 0.613. The second-order valence-electron chi connectivity index (χ2n) is 7.38. The lowest BCUT2D eigenvalue weighted by Crippen LogP contribution is -2.21. The monoisotopic (exact) mass is 421 g/mol. The highest BCUT2D eigenvalue weighted by molar-refractivity contribution is 7.93. The number of halogens is 1. The number of fused-ring (bicyclic) bond motifs is 3. The number of amides is 2. The summed E-state index contributed by atoms with van der Waals surface area (Å²) in [5, 5.41) is 8.63. The number of ether oxygens (including phenoxy) is 1. The fourth-order valence-corrected chi connectivity index (χ4v) is 6.77. The van der Waals surface area contributed by atoms with Gasteiger partial charge in [0.1, 0.15) is 0 Å². The predicted octanol–water partition coefficient (Wildman–Crippen LogP) is 3.48. The molecular formula is C19H20FN3O3S2. The van der Waals surface area contributed by atoms with E-state index in [9.17, 15) is 13.4 Å². The smallest absolute Gasteiger partial charge is 0.354 e. The van der Waals surface area contributed by atoms with Crippen LogP contribution in [0.3, 0.4) is 0 Å². The summed E-state index contributed by atoms with van der Waals surface area (Å²) in [5.74, 6) is -0.659. The van der Waals surface area contributed by atoms with E-state index in [4.69, 9.17) is 9.88 Å². The van der Waals surface area contributed by atoms with Crippen molar-refractivity contribution in [1.82, 2.24) is 0 Å². The molecule has 3 N–H and O–H groups in total. The average molecular weight is 422 g/mol. The predicted molar refractivity (Wildman–Crippen MR) is 106 cm³/mol. The fraction of sp³-hybridized carbons (Fsp3) is 0.421. The van der Waals surface area contributed by atoms with Gasteiger partial charge in [0.15, 0.2) is 19.9 Å². The normalized spacial score (nSPS) is 19.1. The quantitative estimate of drug-likeness (QED) is 0.777. The van der Waals surface area contributed by atoms with E-state index in [0.29, 0.717) is 18.6 Å². The average Bonchev–Trinajstić information content (AvgIpc) is 3.22. The molecule has 2 amide bonds. The molecule has 2 heterocycles. The number of carbonyl (C=O) groups excluding carboxylic acids is 1. The van der Waals surface area contributed by atoms with Gasteiger partial charge in [0, 0.05) is 22.5 Å². The van der Waals surface area contributed by atoms with Gasteiger partial charge in [-0.3, -0.25) is 0 Å². The Kier molecular flexibility index (Phi) is 4.31. The first-order valence-corrected chi connectivity index (χ1v) is 11.7. The van der Waals surface area contributed by atoms with Gasteiger partial charge in [-0.15, -0.1) is 15.7 Å². The number of benzene rings is 1. The van der Waals surface area contributed by atoms with Crippen LogP contribution in [0.1, 0.15) is 39.1 Å². The number of anilines is 1. The summed E-state index contributed by atoms with van der Waals surface area (Å²) in [4.78, 5) is 13.3. The molecule has 1 atom stereocenters. The molecule has 0 radical (unpaired) electrons. The Hall–Kier alpha value is -1.81. The van der Waals surface area contributed by atoms with Crippen molar-refractivity contribution in [3.63, 3.8) is 0 Å². The van der Waals surface area contributed by atoms with E-state index >= 15 is 0 Å². The summed E-state index contributed by atoms with van der Waals surface area (Å²) in [7, 11) is -3.67. The van der Waals surface area contributed by atoms with Crippen molar-refractivity contribution >= 4 is 33.0 Å². The van der Waals surface area contributed by atoms with Crippen LogP contribution < -0.4 is 10.5 Å². The first-order valence-electron chi connectivity index (χ1n) is 9.34. The zero-order valence-electron chi connectivity index (χ0n) is 15.2. The second-order valence-corrected chi connectivity index (χ2v) is 10.5. The van der Waals surface area contributed by atoms with Gasteiger partial charge >= 0.3 is 6.03 Å².